The molecule has 1 atom stereocenters. The number of carboxylic acids is 1. The standard InChI is InChI=1S/C12H25NO5/c1-3-5-13-11(12(14)15)4-6-17-9-10-18-8-7-16-2/h11,13H,3-10H2,1-2H3,(H,14,15). The second-order valence-corrected chi connectivity index (χ2v) is 3.85. The Hall–Kier alpha value is -0.690. The van der Waals surface area contributed by atoms with Gasteiger partial charge in [0.05, 0.1) is 26.4 Å². The molecule has 0 saturated carbocycles. The highest BCUT2D eigenvalue weighted by Gasteiger charge is 2.15. The average molecular weight is 263 g/mol. The summed E-state index contributed by atoms with van der Waals surface area (Å²) in [6.45, 7) is 5.23. The number of nitrogens with one attached hydrogen (secondary N) is 1. The molecule has 0 aliphatic heterocycles. The van der Waals surface area contributed by atoms with Crippen LogP contribution >= 0.6 is 0 Å². The second kappa shape index (κ2) is 12.8. The van der Waals surface area contributed by atoms with Crippen LogP contribution in [0.2, 0.25) is 0 Å². The van der Waals surface area contributed by atoms with Crippen molar-refractivity contribution in [2.75, 3.05) is 46.7 Å². The molecule has 0 aromatic rings. The zero-order valence-corrected chi connectivity index (χ0v) is 11.3. The number of carbonyl (C=O) groups is 1. The van der Waals surface area contributed by atoms with Crippen molar-refractivity contribution in [3.8, 4) is 0 Å². The molecule has 6 heteroatoms. The molecule has 6 nitrogen and oxygen atoms in total. The summed E-state index contributed by atoms with van der Waals surface area (Å²) in [6.07, 6.45) is 1.38. The fourth-order valence-corrected chi connectivity index (χ4v) is 1.30. The molecule has 0 saturated heterocycles. The number of rotatable bonds is 13. The molecule has 0 aliphatic carbocycles. The van der Waals surface area contributed by atoms with Crippen molar-refractivity contribution in [1.82, 2.24) is 5.32 Å². The zero-order valence-electron chi connectivity index (χ0n) is 11.3. The Morgan fingerprint density at radius 2 is 1.78 bits per heavy atom. The lowest BCUT2D eigenvalue weighted by atomic mass is 10.2. The van der Waals surface area contributed by atoms with Crippen LogP contribution in [-0.4, -0.2) is 63.8 Å². The molecule has 0 bridgehead atoms. The summed E-state index contributed by atoms with van der Waals surface area (Å²) in [5.41, 5.74) is 0. The van der Waals surface area contributed by atoms with E-state index in [1.54, 1.807) is 7.11 Å². The van der Waals surface area contributed by atoms with Gasteiger partial charge in [-0.2, -0.15) is 0 Å². The van der Waals surface area contributed by atoms with Gasteiger partial charge in [0.15, 0.2) is 0 Å². The summed E-state index contributed by atoms with van der Waals surface area (Å²) < 4.78 is 15.3. The number of hydrogen-bond acceptors (Lipinski definition) is 5. The number of hydrogen-bond donors (Lipinski definition) is 2. The summed E-state index contributed by atoms with van der Waals surface area (Å²) in [4.78, 5) is 10.9. The van der Waals surface area contributed by atoms with E-state index >= 15 is 0 Å². The van der Waals surface area contributed by atoms with Crippen molar-refractivity contribution in [2.45, 2.75) is 25.8 Å². The summed E-state index contributed by atoms with van der Waals surface area (Å²) >= 11 is 0. The monoisotopic (exact) mass is 263 g/mol. The first-order valence-corrected chi connectivity index (χ1v) is 6.33. The van der Waals surface area contributed by atoms with Gasteiger partial charge < -0.3 is 24.6 Å². The first-order chi connectivity index (χ1) is 8.72. The lowest BCUT2D eigenvalue weighted by molar-refractivity contribution is -0.140. The van der Waals surface area contributed by atoms with E-state index in [9.17, 15) is 4.79 Å². The molecular formula is C12H25NO5. The van der Waals surface area contributed by atoms with E-state index in [1.807, 2.05) is 6.92 Å². The Morgan fingerprint density at radius 3 is 2.33 bits per heavy atom. The van der Waals surface area contributed by atoms with Gasteiger partial charge in [0.1, 0.15) is 6.04 Å². The molecule has 0 aromatic heterocycles. The third kappa shape index (κ3) is 10.5. The summed E-state index contributed by atoms with van der Waals surface area (Å²) in [5.74, 6) is -0.830. The first-order valence-electron chi connectivity index (χ1n) is 6.33. The highest BCUT2D eigenvalue weighted by atomic mass is 16.5. The fraction of sp³-hybridized carbons (Fsp3) is 0.917. The summed E-state index contributed by atoms with van der Waals surface area (Å²) in [7, 11) is 1.62. The highest BCUT2D eigenvalue weighted by Crippen LogP contribution is 1.94. The molecular weight excluding hydrogens is 238 g/mol. The molecule has 0 fully saturated rings. The van der Waals surface area contributed by atoms with E-state index in [0.29, 0.717) is 46.0 Å². The topological polar surface area (TPSA) is 77.0 Å². The van der Waals surface area contributed by atoms with Gasteiger partial charge >= 0.3 is 5.97 Å². The Balaban J connectivity index is 3.40. The molecule has 18 heavy (non-hydrogen) atoms. The quantitative estimate of drug-likeness (QED) is 0.471. The predicted molar refractivity (Wildman–Crippen MR) is 67.8 cm³/mol. The van der Waals surface area contributed by atoms with E-state index in [4.69, 9.17) is 19.3 Å². The number of carboxylic acid groups (broad SMARTS) is 1. The molecule has 0 radical (unpaired) electrons. The van der Waals surface area contributed by atoms with Gasteiger partial charge in [0.2, 0.25) is 0 Å². The molecule has 0 amide bonds. The van der Waals surface area contributed by atoms with Crippen LogP contribution in [0.25, 0.3) is 0 Å². The predicted octanol–water partition coefficient (Wildman–Crippen LogP) is 0.509. The van der Waals surface area contributed by atoms with Crippen LogP contribution in [0.3, 0.4) is 0 Å². The van der Waals surface area contributed by atoms with Crippen molar-refractivity contribution in [3.05, 3.63) is 0 Å². The number of aliphatic carboxylic acids is 1. The van der Waals surface area contributed by atoms with E-state index in [1.165, 1.54) is 0 Å². The van der Waals surface area contributed by atoms with E-state index in [2.05, 4.69) is 5.32 Å². The van der Waals surface area contributed by atoms with Crippen molar-refractivity contribution in [1.29, 1.82) is 0 Å². The van der Waals surface area contributed by atoms with Gasteiger partial charge in [0.25, 0.3) is 0 Å². The van der Waals surface area contributed by atoms with Crippen LogP contribution in [0.4, 0.5) is 0 Å². The molecule has 0 aromatic carbocycles. The Bertz CT molecular complexity index is 201. The molecule has 0 aliphatic rings. The summed E-state index contributed by atoms with van der Waals surface area (Å²) in [5, 5.41) is 11.9. The van der Waals surface area contributed by atoms with Crippen LogP contribution in [-0.2, 0) is 19.0 Å². The molecule has 2 N–H and O–H groups in total. The Kier molecular flexibility index (Phi) is 12.3. The van der Waals surface area contributed by atoms with Crippen LogP contribution in [0.15, 0.2) is 0 Å². The minimum Gasteiger partial charge on any atom is -0.480 e. The summed E-state index contributed by atoms with van der Waals surface area (Å²) in [6, 6.07) is -0.528. The zero-order chi connectivity index (χ0) is 13.6. The van der Waals surface area contributed by atoms with Gasteiger partial charge in [-0.25, -0.2) is 0 Å². The minimum absolute atomic E-state index is 0.418. The molecule has 0 heterocycles. The third-order valence-corrected chi connectivity index (χ3v) is 2.29. The molecule has 108 valence electrons. The van der Waals surface area contributed by atoms with Gasteiger partial charge in [0, 0.05) is 13.7 Å². The van der Waals surface area contributed by atoms with E-state index < -0.39 is 12.0 Å². The number of methoxy groups -OCH3 is 1. The first kappa shape index (κ1) is 17.3. The largest absolute Gasteiger partial charge is 0.480 e. The van der Waals surface area contributed by atoms with Crippen LogP contribution in [0, 0.1) is 0 Å². The normalized spacial score (nSPS) is 12.6. The van der Waals surface area contributed by atoms with Crippen molar-refractivity contribution >= 4 is 5.97 Å². The maximum absolute atomic E-state index is 10.9. The maximum atomic E-state index is 10.9. The van der Waals surface area contributed by atoms with Gasteiger partial charge in [-0.3, -0.25) is 4.79 Å². The minimum atomic E-state index is -0.830. The third-order valence-electron chi connectivity index (χ3n) is 2.29. The van der Waals surface area contributed by atoms with Crippen LogP contribution < -0.4 is 5.32 Å². The van der Waals surface area contributed by atoms with Gasteiger partial charge in [-0.05, 0) is 19.4 Å². The Labute approximate surface area is 109 Å². The second-order valence-electron chi connectivity index (χ2n) is 3.85. The van der Waals surface area contributed by atoms with Crippen molar-refractivity contribution in [3.63, 3.8) is 0 Å². The molecule has 1 unspecified atom stereocenters. The Morgan fingerprint density at radius 1 is 1.17 bits per heavy atom. The molecule has 0 spiro atoms. The van der Waals surface area contributed by atoms with Crippen molar-refractivity contribution in [2.24, 2.45) is 0 Å². The average Bonchev–Trinajstić information content (AvgIpc) is 2.35. The van der Waals surface area contributed by atoms with Crippen LogP contribution in [0.5, 0.6) is 0 Å². The number of ether oxygens (including phenoxy) is 3. The van der Waals surface area contributed by atoms with Gasteiger partial charge in [-0.1, -0.05) is 6.92 Å². The van der Waals surface area contributed by atoms with E-state index in [0.717, 1.165) is 6.42 Å². The maximum Gasteiger partial charge on any atom is 0.320 e. The lowest BCUT2D eigenvalue weighted by Crippen LogP contribution is -2.38. The fourth-order valence-electron chi connectivity index (χ4n) is 1.30. The van der Waals surface area contributed by atoms with E-state index in [-0.39, 0.29) is 0 Å². The smallest absolute Gasteiger partial charge is 0.320 e. The van der Waals surface area contributed by atoms with Gasteiger partial charge in [-0.15, -0.1) is 0 Å². The SMILES string of the molecule is CCCNC(CCOCCOCCOC)C(=O)O. The van der Waals surface area contributed by atoms with Crippen LogP contribution in [0.1, 0.15) is 19.8 Å². The highest BCUT2D eigenvalue weighted by molar-refractivity contribution is 5.73. The van der Waals surface area contributed by atoms with Crippen molar-refractivity contribution < 1.29 is 24.1 Å². The lowest BCUT2D eigenvalue weighted by Gasteiger charge is -2.13. The molecule has 0 rings (SSSR count).